The largest absolute Gasteiger partial charge is 0.310 e. The van der Waals surface area contributed by atoms with Gasteiger partial charge in [0.1, 0.15) is 17.5 Å². The fourth-order valence-corrected chi connectivity index (χ4v) is 2.19. The summed E-state index contributed by atoms with van der Waals surface area (Å²) < 4.78 is 41.1. The lowest BCUT2D eigenvalue weighted by molar-refractivity contribution is 0.547. The minimum atomic E-state index is -0.914. The van der Waals surface area contributed by atoms with Crippen molar-refractivity contribution in [3.05, 3.63) is 58.9 Å². The van der Waals surface area contributed by atoms with Gasteiger partial charge in [-0.25, -0.2) is 13.2 Å². The number of hydrogen-bond acceptors (Lipinski definition) is 1. The van der Waals surface area contributed by atoms with E-state index in [1.54, 1.807) is 6.07 Å². The van der Waals surface area contributed by atoms with Crippen LogP contribution in [0.3, 0.4) is 0 Å². The van der Waals surface area contributed by atoms with Crippen LogP contribution in [0.5, 0.6) is 0 Å². The molecule has 0 bridgehead atoms. The summed E-state index contributed by atoms with van der Waals surface area (Å²) in [7, 11) is 0. The van der Waals surface area contributed by atoms with Crippen LogP contribution in [0, 0.1) is 24.4 Å². The number of rotatable bonds is 4. The van der Waals surface area contributed by atoms with Crippen LogP contribution in [0.15, 0.2) is 30.3 Å². The summed E-state index contributed by atoms with van der Waals surface area (Å²) in [4.78, 5) is 0. The second-order valence-electron chi connectivity index (χ2n) is 5.44. The van der Waals surface area contributed by atoms with Crippen molar-refractivity contribution in [1.82, 2.24) is 5.32 Å². The Kier molecular flexibility index (Phi) is 4.68. The van der Waals surface area contributed by atoms with Crippen molar-refractivity contribution in [2.45, 2.75) is 33.4 Å². The van der Waals surface area contributed by atoms with Gasteiger partial charge in [-0.05, 0) is 18.1 Å². The first-order chi connectivity index (χ1) is 9.88. The average molecular weight is 293 g/mol. The van der Waals surface area contributed by atoms with Gasteiger partial charge in [0.15, 0.2) is 0 Å². The summed E-state index contributed by atoms with van der Waals surface area (Å²) in [6, 6.07) is 7.11. The summed E-state index contributed by atoms with van der Waals surface area (Å²) in [5.74, 6) is -2.68. The van der Waals surface area contributed by atoms with Gasteiger partial charge in [-0.2, -0.15) is 0 Å². The highest BCUT2D eigenvalue weighted by atomic mass is 19.1. The van der Waals surface area contributed by atoms with Crippen LogP contribution in [0.25, 0.3) is 11.1 Å². The molecule has 2 rings (SSSR count). The Labute approximate surface area is 122 Å². The van der Waals surface area contributed by atoms with Crippen molar-refractivity contribution in [2.75, 3.05) is 0 Å². The Morgan fingerprint density at radius 2 is 1.62 bits per heavy atom. The van der Waals surface area contributed by atoms with E-state index in [0.29, 0.717) is 24.2 Å². The number of nitrogens with one attached hydrogen (secondary N) is 1. The summed E-state index contributed by atoms with van der Waals surface area (Å²) in [6.07, 6.45) is 0. The molecular formula is C17H18F3N. The monoisotopic (exact) mass is 293 g/mol. The normalized spacial score (nSPS) is 11.2. The van der Waals surface area contributed by atoms with E-state index in [1.807, 2.05) is 32.9 Å². The van der Waals surface area contributed by atoms with Crippen LogP contribution < -0.4 is 5.32 Å². The standard InChI is InChI=1S/C17H18F3N/c1-10(2)21-9-12-5-4-11(3)6-14(12)17-15(19)7-13(18)8-16(17)20/h4-8,10,21H,9H2,1-3H3. The topological polar surface area (TPSA) is 12.0 Å². The molecule has 0 aromatic heterocycles. The smallest absolute Gasteiger partial charge is 0.136 e. The van der Waals surface area contributed by atoms with E-state index in [2.05, 4.69) is 5.32 Å². The predicted molar refractivity (Wildman–Crippen MR) is 78.5 cm³/mol. The van der Waals surface area contributed by atoms with Gasteiger partial charge >= 0.3 is 0 Å². The quantitative estimate of drug-likeness (QED) is 0.870. The van der Waals surface area contributed by atoms with Crippen molar-refractivity contribution in [2.24, 2.45) is 0 Å². The van der Waals surface area contributed by atoms with Gasteiger partial charge < -0.3 is 5.32 Å². The molecule has 0 aliphatic carbocycles. The lowest BCUT2D eigenvalue weighted by atomic mass is 9.96. The summed E-state index contributed by atoms with van der Waals surface area (Å²) in [6.45, 7) is 6.33. The van der Waals surface area contributed by atoms with Crippen molar-refractivity contribution in [3.63, 3.8) is 0 Å². The van der Waals surface area contributed by atoms with Crippen molar-refractivity contribution < 1.29 is 13.2 Å². The van der Waals surface area contributed by atoms with Gasteiger partial charge in [0, 0.05) is 24.7 Å². The van der Waals surface area contributed by atoms with Gasteiger partial charge in [0.25, 0.3) is 0 Å². The zero-order valence-corrected chi connectivity index (χ0v) is 12.3. The van der Waals surface area contributed by atoms with Crippen molar-refractivity contribution in [1.29, 1.82) is 0 Å². The minimum Gasteiger partial charge on any atom is -0.310 e. The second-order valence-corrected chi connectivity index (χ2v) is 5.44. The van der Waals surface area contributed by atoms with Crippen LogP contribution in [0.2, 0.25) is 0 Å². The van der Waals surface area contributed by atoms with E-state index in [4.69, 9.17) is 0 Å². The van der Waals surface area contributed by atoms with Crippen LogP contribution >= 0.6 is 0 Å². The van der Waals surface area contributed by atoms with Gasteiger partial charge in [0.05, 0.1) is 5.56 Å². The Morgan fingerprint density at radius 3 is 2.19 bits per heavy atom. The molecule has 0 saturated carbocycles. The fraction of sp³-hybridized carbons (Fsp3) is 0.294. The van der Waals surface area contributed by atoms with Gasteiger partial charge in [0.2, 0.25) is 0 Å². The molecule has 0 atom stereocenters. The summed E-state index contributed by atoms with van der Waals surface area (Å²) in [5.41, 5.74) is 1.94. The van der Waals surface area contributed by atoms with Crippen LogP contribution in [-0.2, 0) is 6.54 Å². The van der Waals surface area contributed by atoms with Gasteiger partial charge in [-0.3, -0.25) is 0 Å². The zero-order chi connectivity index (χ0) is 15.6. The number of halogens is 3. The van der Waals surface area contributed by atoms with Crippen molar-refractivity contribution in [3.8, 4) is 11.1 Å². The molecule has 0 aliphatic rings. The molecule has 2 aromatic rings. The molecule has 0 fully saturated rings. The Balaban J connectivity index is 2.54. The SMILES string of the molecule is Cc1ccc(CNC(C)C)c(-c2c(F)cc(F)cc2F)c1. The summed E-state index contributed by atoms with van der Waals surface area (Å²) >= 11 is 0. The second kappa shape index (κ2) is 6.31. The minimum absolute atomic E-state index is 0.180. The molecule has 112 valence electrons. The Bertz CT molecular complexity index is 627. The molecule has 0 unspecified atom stereocenters. The Hall–Kier alpha value is -1.81. The third kappa shape index (κ3) is 3.64. The van der Waals surface area contributed by atoms with E-state index >= 15 is 0 Å². The van der Waals surface area contributed by atoms with Crippen molar-refractivity contribution >= 4 is 0 Å². The lowest BCUT2D eigenvalue weighted by Gasteiger charge is -2.15. The van der Waals surface area contributed by atoms with E-state index < -0.39 is 17.5 Å². The highest BCUT2D eigenvalue weighted by Gasteiger charge is 2.17. The van der Waals surface area contributed by atoms with E-state index in [0.717, 1.165) is 11.1 Å². The maximum Gasteiger partial charge on any atom is 0.136 e. The molecule has 2 aromatic carbocycles. The molecule has 21 heavy (non-hydrogen) atoms. The van der Waals surface area contributed by atoms with Crippen LogP contribution in [-0.4, -0.2) is 6.04 Å². The van der Waals surface area contributed by atoms with Crippen LogP contribution in [0.4, 0.5) is 13.2 Å². The molecule has 0 spiro atoms. The highest BCUT2D eigenvalue weighted by molar-refractivity contribution is 5.69. The maximum absolute atomic E-state index is 14.0. The Morgan fingerprint density at radius 1 is 1.00 bits per heavy atom. The van der Waals surface area contributed by atoms with Gasteiger partial charge in [-0.1, -0.05) is 37.6 Å². The predicted octanol–water partition coefficient (Wildman–Crippen LogP) is 4.58. The summed E-state index contributed by atoms with van der Waals surface area (Å²) in [5, 5.41) is 3.22. The van der Waals surface area contributed by atoms with E-state index in [9.17, 15) is 13.2 Å². The first kappa shape index (κ1) is 15.6. The van der Waals surface area contributed by atoms with Gasteiger partial charge in [-0.15, -0.1) is 0 Å². The first-order valence-corrected chi connectivity index (χ1v) is 6.86. The molecule has 0 radical (unpaired) electrons. The molecule has 1 N–H and O–H groups in total. The number of aryl methyl sites for hydroxylation is 1. The maximum atomic E-state index is 14.0. The first-order valence-electron chi connectivity index (χ1n) is 6.86. The molecule has 0 heterocycles. The van der Waals surface area contributed by atoms with Crippen LogP contribution in [0.1, 0.15) is 25.0 Å². The molecule has 0 saturated heterocycles. The molecule has 0 amide bonds. The highest BCUT2D eigenvalue weighted by Crippen LogP contribution is 2.30. The number of hydrogen-bond donors (Lipinski definition) is 1. The van der Waals surface area contributed by atoms with E-state index in [-0.39, 0.29) is 11.6 Å². The third-order valence-corrected chi connectivity index (χ3v) is 3.24. The molecule has 4 heteroatoms. The molecule has 0 aliphatic heterocycles. The molecular weight excluding hydrogens is 275 g/mol. The number of benzene rings is 2. The van der Waals surface area contributed by atoms with E-state index in [1.165, 1.54) is 0 Å². The zero-order valence-electron chi connectivity index (χ0n) is 12.3. The lowest BCUT2D eigenvalue weighted by Crippen LogP contribution is -2.22. The fourth-order valence-electron chi connectivity index (χ4n) is 2.19. The average Bonchev–Trinajstić information content (AvgIpc) is 2.36. The third-order valence-electron chi connectivity index (χ3n) is 3.24. The molecule has 1 nitrogen and oxygen atoms in total.